The Balaban J connectivity index is 1.72. The van der Waals surface area contributed by atoms with Gasteiger partial charge in [0.15, 0.2) is 12.2 Å². The second-order valence-corrected chi connectivity index (χ2v) is 6.59. The molecule has 0 aliphatic rings. The molecule has 0 fully saturated rings. The summed E-state index contributed by atoms with van der Waals surface area (Å²) in [5.41, 5.74) is -0.270. The van der Waals surface area contributed by atoms with E-state index in [2.05, 4.69) is 5.32 Å². The van der Waals surface area contributed by atoms with Crippen LogP contribution in [0, 0.1) is 5.82 Å². The number of esters is 1. The molecule has 0 aliphatic carbocycles. The molecule has 0 saturated heterocycles. The average molecular weight is 389 g/mol. The fourth-order valence-electron chi connectivity index (χ4n) is 2.33. The van der Waals surface area contributed by atoms with Crippen LogP contribution in [0.1, 0.15) is 19.4 Å². The second kappa shape index (κ2) is 9.73. The zero-order chi connectivity index (χ0) is 20.6. The SMILES string of the molecule is COc1ccc(CCNC(=O)COC(=O)C(C)(C)Oc2ccc(F)cc2)cc1. The summed E-state index contributed by atoms with van der Waals surface area (Å²) in [6.07, 6.45) is 0.642. The van der Waals surface area contributed by atoms with Gasteiger partial charge in [-0.25, -0.2) is 9.18 Å². The summed E-state index contributed by atoms with van der Waals surface area (Å²) < 4.78 is 28.6. The van der Waals surface area contributed by atoms with Crippen LogP contribution >= 0.6 is 0 Å². The largest absolute Gasteiger partial charge is 0.497 e. The van der Waals surface area contributed by atoms with E-state index < -0.39 is 29.9 Å². The first-order valence-corrected chi connectivity index (χ1v) is 8.81. The van der Waals surface area contributed by atoms with Crippen LogP contribution in [0.25, 0.3) is 0 Å². The molecular formula is C21H24FNO5. The predicted octanol–water partition coefficient (Wildman–Crippen LogP) is 2.89. The van der Waals surface area contributed by atoms with Gasteiger partial charge in [0.05, 0.1) is 7.11 Å². The molecule has 0 unspecified atom stereocenters. The lowest BCUT2D eigenvalue weighted by molar-refractivity contribution is -0.162. The van der Waals surface area contributed by atoms with Crippen LogP contribution in [-0.2, 0) is 20.7 Å². The molecule has 0 spiro atoms. The Morgan fingerprint density at radius 3 is 2.21 bits per heavy atom. The van der Waals surface area contributed by atoms with E-state index in [0.717, 1.165) is 11.3 Å². The Morgan fingerprint density at radius 1 is 1.00 bits per heavy atom. The molecule has 0 heterocycles. The molecule has 0 aromatic heterocycles. The van der Waals surface area contributed by atoms with Gasteiger partial charge in [0.1, 0.15) is 17.3 Å². The number of carbonyl (C=O) groups is 2. The number of halogens is 1. The van der Waals surface area contributed by atoms with Crippen molar-refractivity contribution < 1.29 is 28.2 Å². The monoisotopic (exact) mass is 389 g/mol. The summed E-state index contributed by atoms with van der Waals surface area (Å²) in [7, 11) is 1.60. The highest BCUT2D eigenvalue weighted by molar-refractivity contribution is 5.83. The maximum atomic E-state index is 12.9. The molecule has 2 aromatic carbocycles. The van der Waals surface area contributed by atoms with Crippen LogP contribution in [0.4, 0.5) is 4.39 Å². The van der Waals surface area contributed by atoms with E-state index >= 15 is 0 Å². The summed E-state index contributed by atoms with van der Waals surface area (Å²) in [6.45, 7) is 3.04. The van der Waals surface area contributed by atoms with E-state index in [9.17, 15) is 14.0 Å². The van der Waals surface area contributed by atoms with E-state index in [0.29, 0.717) is 18.7 Å². The minimum absolute atomic E-state index is 0.326. The molecule has 0 atom stereocenters. The second-order valence-electron chi connectivity index (χ2n) is 6.59. The zero-order valence-corrected chi connectivity index (χ0v) is 16.2. The van der Waals surface area contributed by atoms with E-state index in [-0.39, 0.29) is 0 Å². The maximum Gasteiger partial charge on any atom is 0.350 e. The molecule has 150 valence electrons. The number of benzene rings is 2. The molecule has 0 saturated carbocycles. The van der Waals surface area contributed by atoms with Crippen LogP contribution in [0.15, 0.2) is 48.5 Å². The predicted molar refractivity (Wildman–Crippen MR) is 102 cm³/mol. The molecule has 0 bridgehead atoms. The van der Waals surface area contributed by atoms with E-state index in [1.165, 1.54) is 38.1 Å². The molecule has 0 radical (unpaired) electrons. The van der Waals surface area contributed by atoms with E-state index in [4.69, 9.17) is 14.2 Å². The Morgan fingerprint density at radius 2 is 1.61 bits per heavy atom. The molecule has 1 N–H and O–H groups in total. The first kappa shape index (κ1) is 21.2. The van der Waals surface area contributed by atoms with Gasteiger partial charge in [0.25, 0.3) is 5.91 Å². The summed E-state index contributed by atoms with van der Waals surface area (Å²) in [5, 5.41) is 2.69. The number of carbonyl (C=O) groups excluding carboxylic acids is 2. The fourth-order valence-corrected chi connectivity index (χ4v) is 2.33. The third-order valence-corrected chi connectivity index (χ3v) is 3.91. The van der Waals surface area contributed by atoms with Crippen molar-refractivity contribution in [3.63, 3.8) is 0 Å². The van der Waals surface area contributed by atoms with Crippen LogP contribution < -0.4 is 14.8 Å². The number of nitrogens with one attached hydrogen (secondary N) is 1. The summed E-state index contributed by atoms with van der Waals surface area (Å²) in [6, 6.07) is 12.8. The third kappa shape index (κ3) is 6.57. The number of rotatable bonds is 9. The molecular weight excluding hydrogens is 365 g/mol. The van der Waals surface area contributed by atoms with Crippen molar-refractivity contribution in [2.45, 2.75) is 25.9 Å². The minimum Gasteiger partial charge on any atom is -0.497 e. The standard InChI is InChI=1S/C21H24FNO5/c1-21(2,28-18-10-6-16(22)7-11-18)20(25)27-14-19(24)23-13-12-15-4-8-17(26-3)9-5-15/h4-11H,12-14H2,1-3H3,(H,23,24). The Kier molecular flexibility index (Phi) is 7.37. The number of ether oxygens (including phenoxy) is 3. The van der Waals surface area contributed by atoms with Crippen molar-refractivity contribution in [1.82, 2.24) is 5.32 Å². The number of methoxy groups -OCH3 is 1. The van der Waals surface area contributed by atoms with Crippen LogP contribution in [0.5, 0.6) is 11.5 Å². The van der Waals surface area contributed by atoms with E-state index in [1.54, 1.807) is 7.11 Å². The van der Waals surface area contributed by atoms with Gasteiger partial charge in [-0.3, -0.25) is 4.79 Å². The van der Waals surface area contributed by atoms with Crippen LogP contribution in [0.3, 0.4) is 0 Å². The first-order valence-electron chi connectivity index (χ1n) is 8.81. The van der Waals surface area contributed by atoms with Gasteiger partial charge < -0.3 is 19.5 Å². The lowest BCUT2D eigenvalue weighted by Crippen LogP contribution is -2.41. The molecule has 6 nitrogen and oxygen atoms in total. The van der Waals surface area contributed by atoms with Crippen molar-refractivity contribution in [2.24, 2.45) is 0 Å². The Hall–Kier alpha value is -3.09. The molecule has 2 aromatic rings. The number of hydrogen-bond donors (Lipinski definition) is 1. The topological polar surface area (TPSA) is 73.9 Å². The highest BCUT2D eigenvalue weighted by Gasteiger charge is 2.32. The van der Waals surface area contributed by atoms with Crippen LogP contribution in [-0.4, -0.2) is 37.7 Å². The molecule has 28 heavy (non-hydrogen) atoms. The van der Waals surface area contributed by atoms with Gasteiger partial charge in [-0.05, 0) is 62.2 Å². The van der Waals surface area contributed by atoms with Gasteiger partial charge in [0.2, 0.25) is 0 Å². The van der Waals surface area contributed by atoms with E-state index in [1.807, 2.05) is 24.3 Å². The lowest BCUT2D eigenvalue weighted by Gasteiger charge is -2.24. The van der Waals surface area contributed by atoms with Gasteiger partial charge in [-0.1, -0.05) is 12.1 Å². The lowest BCUT2D eigenvalue weighted by atomic mass is 10.1. The summed E-state index contributed by atoms with van der Waals surface area (Å²) in [5.74, 6) is -0.405. The third-order valence-electron chi connectivity index (χ3n) is 3.91. The molecule has 2 rings (SSSR count). The zero-order valence-electron chi connectivity index (χ0n) is 16.2. The average Bonchev–Trinajstić information content (AvgIpc) is 2.68. The van der Waals surface area contributed by atoms with Crippen molar-refractivity contribution >= 4 is 11.9 Å². The van der Waals surface area contributed by atoms with Crippen LogP contribution in [0.2, 0.25) is 0 Å². The number of hydrogen-bond acceptors (Lipinski definition) is 5. The molecule has 0 aliphatic heterocycles. The first-order chi connectivity index (χ1) is 13.3. The summed E-state index contributed by atoms with van der Waals surface area (Å²) in [4.78, 5) is 24.1. The van der Waals surface area contributed by atoms with Crippen molar-refractivity contribution in [3.8, 4) is 11.5 Å². The highest BCUT2D eigenvalue weighted by Crippen LogP contribution is 2.19. The smallest absolute Gasteiger partial charge is 0.350 e. The van der Waals surface area contributed by atoms with Gasteiger partial charge >= 0.3 is 5.97 Å². The Labute approximate surface area is 163 Å². The van der Waals surface area contributed by atoms with Gasteiger partial charge in [-0.2, -0.15) is 0 Å². The fraction of sp³-hybridized carbons (Fsp3) is 0.333. The van der Waals surface area contributed by atoms with Gasteiger partial charge in [0, 0.05) is 6.54 Å². The number of amides is 1. The minimum atomic E-state index is -1.32. The normalized spacial score (nSPS) is 10.9. The van der Waals surface area contributed by atoms with Gasteiger partial charge in [-0.15, -0.1) is 0 Å². The maximum absolute atomic E-state index is 12.9. The van der Waals surface area contributed by atoms with Crippen molar-refractivity contribution in [3.05, 3.63) is 59.9 Å². The van der Waals surface area contributed by atoms with Crippen molar-refractivity contribution in [1.29, 1.82) is 0 Å². The highest BCUT2D eigenvalue weighted by atomic mass is 19.1. The summed E-state index contributed by atoms with van der Waals surface area (Å²) >= 11 is 0. The van der Waals surface area contributed by atoms with Crippen molar-refractivity contribution in [2.75, 3.05) is 20.3 Å². The molecule has 7 heteroatoms. The quantitative estimate of drug-likeness (QED) is 0.668. The Bertz CT molecular complexity index is 787. The molecule has 1 amide bonds.